The minimum Gasteiger partial charge on any atom is -0.382 e. The zero-order chi connectivity index (χ0) is 14.0. The molecular weight excluding hydrogens is 269 g/mol. The summed E-state index contributed by atoms with van der Waals surface area (Å²) in [4.78, 5) is 15.7. The molecule has 0 fully saturated rings. The summed E-state index contributed by atoms with van der Waals surface area (Å²) < 4.78 is 13.5. The van der Waals surface area contributed by atoms with Crippen molar-refractivity contribution in [3.05, 3.63) is 52.4 Å². The Balaban J connectivity index is 2.25. The Bertz CT molecular complexity index is 646. The first-order chi connectivity index (χ1) is 8.97. The SMILES string of the molecule is Cc1ccc(F)c(NC(=O)c2cnc(N)c(Cl)c2)c1. The van der Waals surface area contributed by atoms with Crippen molar-refractivity contribution < 1.29 is 9.18 Å². The first-order valence-electron chi connectivity index (χ1n) is 5.46. The summed E-state index contributed by atoms with van der Waals surface area (Å²) in [6.07, 6.45) is 1.28. The number of hydrogen-bond donors (Lipinski definition) is 2. The highest BCUT2D eigenvalue weighted by atomic mass is 35.5. The molecule has 0 saturated heterocycles. The van der Waals surface area contributed by atoms with Crippen molar-refractivity contribution in [3.63, 3.8) is 0 Å². The van der Waals surface area contributed by atoms with Crippen LogP contribution < -0.4 is 11.1 Å². The summed E-state index contributed by atoms with van der Waals surface area (Å²) >= 11 is 5.78. The van der Waals surface area contributed by atoms with Crippen molar-refractivity contribution in [3.8, 4) is 0 Å². The van der Waals surface area contributed by atoms with E-state index in [-0.39, 0.29) is 22.1 Å². The minimum absolute atomic E-state index is 0.109. The number of nitrogens with zero attached hydrogens (tertiary/aromatic N) is 1. The van der Waals surface area contributed by atoms with Gasteiger partial charge in [0.1, 0.15) is 11.6 Å². The van der Waals surface area contributed by atoms with Gasteiger partial charge in [-0.15, -0.1) is 0 Å². The molecule has 0 unspecified atom stereocenters. The molecular formula is C13H11ClFN3O. The molecule has 4 nitrogen and oxygen atoms in total. The number of aromatic nitrogens is 1. The third-order valence-corrected chi connectivity index (χ3v) is 2.80. The molecule has 0 aliphatic rings. The van der Waals surface area contributed by atoms with Crippen LogP contribution in [0.5, 0.6) is 0 Å². The van der Waals surface area contributed by atoms with Gasteiger partial charge >= 0.3 is 0 Å². The number of halogens is 2. The van der Waals surface area contributed by atoms with Crippen LogP contribution >= 0.6 is 11.6 Å². The van der Waals surface area contributed by atoms with Gasteiger partial charge in [0.15, 0.2) is 0 Å². The summed E-state index contributed by atoms with van der Waals surface area (Å²) in [6.45, 7) is 1.80. The van der Waals surface area contributed by atoms with E-state index in [1.54, 1.807) is 19.1 Å². The van der Waals surface area contributed by atoms with E-state index in [1.165, 1.54) is 18.3 Å². The Kier molecular flexibility index (Phi) is 3.66. The van der Waals surface area contributed by atoms with Gasteiger partial charge in [-0.3, -0.25) is 4.79 Å². The average Bonchev–Trinajstić information content (AvgIpc) is 2.37. The summed E-state index contributed by atoms with van der Waals surface area (Å²) in [5, 5.41) is 2.64. The molecule has 0 radical (unpaired) electrons. The highest BCUT2D eigenvalue weighted by molar-refractivity contribution is 6.33. The molecule has 0 saturated carbocycles. The van der Waals surface area contributed by atoms with E-state index >= 15 is 0 Å². The number of nitrogen functional groups attached to an aromatic ring is 1. The molecule has 2 aromatic rings. The van der Waals surface area contributed by atoms with Crippen LogP contribution in [0.4, 0.5) is 15.9 Å². The van der Waals surface area contributed by atoms with Crippen LogP contribution in [0, 0.1) is 12.7 Å². The molecule has 1 heterocycles. The van der Waals surface area contributed by atoms with Gasteiger partial charge in [0.05, 0.1) is 16.3 Å². The van der Waals surface area contributed by atoms with E-state index in [0.29, 0.717) is 0 Å². The molecule has 0 bridgehead atoms. The van der Waals surface area contributed by atoms with E-state index in [0.717, 1.165) is 5.56 Å². The Morgan fingerprint density at radius 3 is 2.84 bits per heavy atom. The van der Waals surface area contributed by atoms with Crippen molar-refractivity contribution in [2.24, 2.45) is 0 Å². The van der Waals surface area contributed by atoms with E-state index in [1.807, 2.05) is 0 Å². The Morgan fingerprint density at radius 2 is 2.16 bits per heavy atom. The second-order valence-electron chi connectivity index (χ2n) is 4.03. The Hall–Kier alpha value is -2.14. The van der Waals surface area contributed by atoms with Crippen LogP contribution in [0.3, 0.4) is 0 Å². The standard InChI is InChI=1S/C13H11ClFN3O/c1-7-2-3-10(15)11(4-7)18-13(19)8-5-9(14)12(16)17-6-8/h2-6H,1H3,(H2,16,17)(H,18,19). The Morgan fingerprint density at radius 1 is 1.42 bits per heavy atom. The van der Waals surface area contributed by atoms with Crippen LogP contribution in [-0.2, 0) is 0 Å². The van der Waals surface area contributed by atoms with E-state index in [2.05, 4.69) is 10.3 Å². The lowest BCUT2D eigenvalue weighted by Gasteiger charge is -2.07. The smallest absolute Gasteiger partial charge is 0.257 e. The van der Waals surface area contributed by atoms with Crippen LogP contribution in [0.15, 0.2) is 30.5 Å². The summed E-state index contributed by atoms with van der Waals surface area (Å²) in [5.74, 6) is -0.868. The summed E-state index contributed by atoms with van der Waals surface area (Å²) in [6, 6.07) is 5.83. The highest BCUT2D eigenvalue weighted by Gasteiger charge is 2.11. The predicted molar refractivity (Wildman–Crippen MR) is 72.7 cm³/mol. The molecule has 1 aromatic carbocycles. The van der Waals surface area contributed by atoms with Gasteiger partial charge in [-0.05, 0) is 30.7 Å². The molecule has 0 aliphatic carbocycles. The lowest BCUT2D eigenvalue weighted by Crippen LogP contribution is -2.13. The summed E-state index contributed by atoms with van der Waals surface area (Å²) in [5.41, 5.74) is 6.61. The van der Waals surface area contributed by atoms with Crippen molar-refractivity contribution >= 4 is 29.0 Å². The van der Waals surface area contributed by atoms with Gasteiger partial charge in [0, 0.05) is 6.20 Å². The van der Waals surface area contributed by atoms with Gasteiger partial charge in [-0.25, -0.2) is 9.37 Å². The maximum Gasteiger partial charge on any atom is 0.257 e. The first kappa shape index (κ1) is 13.3. The number of hydrogen-bond acceptors (Lipinski definition) is 3. The molecule has 1 aromatic heterocycles. The fourth-order valence-electron chi connectivity index (χ4n) is 1.50. The molecule has 3 N–H and O–H groups in total. The molecule has 1 amide bonds. The largest absolute Gasteiger partial charge is 0.382 e. The van der Waals surface area contributed by atoms with Crippen molar-refractivity contribution in [2.45, 2.75) is 6.92 Å². The Labute approximate surface area is 114 Å². The van der Waals surface area contributed by atoms with Crippen LogP contribution in [0.25, 0.3) is 0 Å². The van der Waals surface area contributed by atoms with Crippen LogP contribution in [0.1, 0.15) is 15.9 Å². The fraction of sp³-hybridized carbons (Fsp3) is 0.0769. The van der Waals surface area contributed by atoms with Crippen molar-refractivity contribution in [2.75, 3.05) is 11.1 Å². The number of carbonyl (C=O) groups excluding carboxylic acids is 1. The molecule has 6 heteroatoms. The third-order valence-electron chi connectivity index (χ3n) is 2.50. The molecule has 0 aliphatic heterocycles. The van der Waals surface area contributed by atoms with Gasteiger partial charge in [0.2, 0.25) is 0 Å². The third kappa shape index (κ3) is 3.00. The number of carbonyl (C=O) groups is 1. The maximum atomic E-state index is 13.5. The zero-order valence-corrected chi connectivity index (χ0v) is 10.8. The lowest BCUT2D eigenvalue weighted by atomic mass is 10.2. The number of nitrogens with one attached hydrogen (secondary N) is 1. The molecule has 0 spiro atoms. The molecule has 98 valence electrons. The van der Waals surface area contributed by atoms with E-state index in [4.69, 9.17) is 17.3 Å². The number of nitrogens with two attached hydrogens (primary N) is 1. The maximum absolute atomic E-state index is 13.5. The number of pyridine rings is 1. The van der Waals surface area contributed by atoms with E-state index < -0.39 is 11.7 Å². The number of amides is 1. The zero-order valence-electron chi connectivity index (χ0n) is 10.1. The van der Waals surface area contributed by atoms with Crippen LogP contribution in [-0.4, -0.2) is 10.9 Å². The predicted octanol–water partition coefficient (Wildman–Crippen LogP) is 3.02. The van der Waals surface area contributed by atoms with Gasteiger partial charge in [-0.1, -0.05) is 17.7 Å². The second-order valence-corrected chi connectivity index (χ2v) is 4.44. The molecule has 19 heavy (non-hydrogen) atoms. The monoisotopic (exact) mass is 279 g/mol. The quantitative estimate of drug-likeness (QED) is 0.888. The summed E-state index contributed by atoms with van der Waals surface area (Å²) in [7, 11) is 0. The van der Waals surface area contributed by atoms with E-state index in [9.17, 15) is 9.18 Å². The molecule has 0 atom stereocenters. The first-order valence-corrected chi connectivity index (χ1v) is 5.83. The van der Waals surface area contributed by atoms with Gasteiger partial charge in [0.25, 0.3) is 5.91 Å². The normalized spacial score (nSPS) is 10.3. The topological polar surface area (TPSA) is 68.0 Å². The minimum atomic E-state index is -0.506. The lowest BCUT2D eigenvalue weighted by molar-refractivity contribution is 0.102. The van der Waals surface area contributed by atoms with Crippen molar-refractivity contribution in [1.29, 1.82) is 0 Å². The highest BCUT2D eigenvalue weighted by Crippen LogP contribution is 2.19. The second kappa shape index (κ2) is 5.24. The molecule has 2 rings (SSSR count). The van der Waals surface area contributed by atoms with Gasteiger partial charge < -0.3 is 11.1 Å². The van der Waals surface area contributed by atoms with Crippen molar-refractivity contribution in [1.82, 2.24) is 4.98 Å². The average molecular weight is 280 g/mol. The number of rotatable bonds is 2. The fourth-order valence-corrected chi connectivity index (χ4v) is 1.67. The van der Waals surface area contributed by atoms with Gasteiger partial charge in [-0.2, -0.15) is 0 Å². The van der Waals surface area contributed by atoms with Crippen LogP contribution in [0.2, 0.25) is 5.02 Å². The number of aryl methyl sites for hydroxylation is 1. The number of benzene rings is 1. The number of anilines is 2.